The number of aliphatic hydroxyl groups excluding tert-OH is 1. The summed E-state index contributed by atoms with van der Waals surface area (Å²) in [7, 11) is 1.88. The van der Waals surface area contributed by atoms with Crippen molar-refractivity contribution >= 4 is 5.71 Å². The molecule has 0 radical (unpaired) electrons. The summed E-state index contributed by atoms with van der Waals surface area (Å²) in [5.41, 5.74) is 0.631. The molecule has 0 rings (SSSR count). The molecule has 0 aliphatic rings. The van der Waals surface area contributed by atoms with Crippen LogP contribution in [0.25, 0.3) is 0 Å². The van der Waals surface area contributed by atoms with Crippen molar-refractivity contribution in [3.63, 3.8) is 0 Å². The molecular weight excluding hydrogens is 116 g/mol. The lowest BCUT2D eigenvalue weighted by Crippen LogP contribution is -2.26. The fourth-order valence-corrected chi connectivity index (χ4v) is 0.655. The molecule has 2 N–H and O–H groups in total. The van der Waals surface area contributed by atoms with Gasteiger partial charge in [0, 0.05) is 18.8 Å². The van der Waals surface area contributed by atoms with Crippen molar-refractivity contribution < 1.29 is 5.11 Å². The second-order valence-electron chi connectivity index (χ2n) is 2.24. The van der Waals surface area contributed by atoms with Gasteiger partial charge >= 0.3 is 0 Å². The topological polar surface area (TPSA) is 47.3 Å². The highest BCUT2D eigenvalue weighted by atomic mass is 16.3. The van der Waals surface area contributed by atoms with E-state index in [4.69, 9.17) is 10.5 Å². The largest absolute Gasteiger partial charge is 0.395 e. The molecule has 0 spiro atoms. The van der Waals surface area contributed by atoms with Crippen molar-refractivity contribution in [2.45, 2.75) is 6.92 Å². The van der Waals surface area contributed by atoms with Gasteiger partial charge in [0.15, 0.2) is 0 Å². The molecule has 3 nitrogen and oxygen atoms in total. The van der Waals surface area contributed by atoms with Crippen LogP contribution < -0.4 is 0 Å². The van der Waals surface area contributed by atoms with E-state index >= 15 is 0 Å². The Labute approximate surface area is 55.8 Å². The number of hydrogen-bond acceptors (Lipinski definition) is 3. The Morgan fingerprint density at radius 3 is 2.56 bits per heavy atom. The monoisotopic (exact) mass is 130 g/mol. The van der Waals surface area contributed by atoms with E-state index in [2.05, 4.69) is 0 Å². The first-order valence-corrected chi connectivity index (χ1v) is 3.00. The van der Waals surface area contributed by atoms with Crippen LogP contribution in [0.3, 0.4) is 0 Å². The van der Waals surface area contributed by atoms with Crippen molar-refractivity contribution in [3.05, 3.63) is 0 Å². The van der Waals surface area contributed by atoms with Gasteiger partial charge in [-0.3, -0.25) is 4.90 Å². The first kappa shape index (κ1) is 8.59. The summed E-state index contributed by atoms with van der Waals surface area (Å²) in [6, 6.07) is 0. The van der Waals surface area contributed by atoms with Gasteiger partial charge in [-0.05, 0) is 14.0 Å². The average Bonchev–Trinajstić information content (AvgIpc) is 1.63. The van der Waals surface area contributed by atoms with E-state index in [1.807, 2.05) is 11.9 Å². The maximum absolute atomic E-state index is 8.44. The van der Waals surface area contributed by atoms with Crippen LogP contribution in [-0.4, -0.2) is 42.5 Å². The number of nitrogens with zero attached hydrogens (tertiary/aromatic N) is 1. The zero-order valence-electron chi connectivity index (χ0n) is 6.02. The van der Waals surface area contributed by atoms with E-state index in [-0.39, 0.29) is 6.61 Å². The molecule has 0 amide bonds. The first-order chi connectivity index (χ1) is 4.16. The number of hydrogen-bond donors (Lipinski definition) is 2. The molecule has 9 heavy (non-hydrogen) atoms. The molecule has 54 valence electrons. The second-order valence-corrected chi connectivity index (χ2v) is 2.24. The van der Waals surface area contributed by atoms with Gasteiger partial charge in [0.1, 0.15) is 0 Å². The third-order valence-corrected chi connectivity index (χ3v) is 0.989. The summed E-state index contributed by atoms with van der Waals surface area (Å²) < 4.78 is 0. The second kappa shape index (κ2) is 4.47. The maximum atomic E-state index is 8.44. The van der Waals surface area contributed by atoms with Crippen LogP contribution in [0.2, 0.25) is 0 Å². The van der Waals surface area contributed by atoms with Crippen molar-refractivity contribution in [1.82, 2.24) is 4.90 Å². The SMILES string of the molecule is CC(=N)CN(C)CCO. The Bertz CT molecular complexity index is 93.1. The molecule has 0 fully saturated rings. The van der Waals surface area contributed by atoms with E-state index in [1.54, 1.807) is 6.92 Å². The molecule has 0 saturated carbocycles. The average molecular weight is 130 g/mol. The molecule has 0 atom stereocenters. The zero-order valence-corrected chi connectivity index (χ0v) is 6.02. The van der Waals surface area contributed by atoms with Gasteiger partial charge in [0.05, 0.1) is 6.61 Å². The van der Waals surface area contributed by atoms with Crippen LogP contribution >= 0.6 is 0 Å². The van der Waals surface area contributed by atoms with Crippen LogP contribution in [0.4, 0.5) is 0 Å². The van der Waals surface area contributed by atoms with Crippen LogP contribution in [0, 0.1) is 5.41 Å². The highest BCUT2D eigenvalue weighted by Gasteiger charge is 1.95. The Balaban J connectivity index is 3.26. The molecule has 0 aromatic rings. The van der Waals surface area contributed by atoms with Crippen LogP contribution in [0.5, 0.6) is 0 Å². The van der Waals surface area contributed by atoms with Crippen LogP contribution in [0.1, 0.15) is 6.92 Å². The third kappa shape index (κ3) is 5.46. The fourth-order valence-electron chi connectivity index (χ4n) is 0.655. The quantitative estimate of drug-likeness (QED) is 0.524. The predicted molar refractivity (Wildman–Crippen MR) is 38.0 cm³/mol. The Morgan fingerprint density at radius 2 is 2.22 bits per heavy atom. The summed E-state index contributed by atoms with van der Waals surface area (Å²) in [6.45, 7) is 3.23. The van der Waals surface area contributed by atoms with Gasteiger partial charge in [-0.2, -0.15) is 0 Å². The number of aliphatic hydroxyl groups is 1. The summed E-state index contributed by atoms with van der Waals surface area (Å²) in [6.07, 6.45) is 0. The van der Waals surface area contributed by atoms with Crippen molar-refractivity contribution in [2.75, 3.05) is 26.7 Å². The normalized spacial score (nSPS) is 10.2. The van der Waals surface area contributed by atoms with Crippen LogP contribution in [-0.2, 0) is 0 Å². The standard InChI is InChI=1S/C6H14N2O/c1-6(7)5-8(2)3-4-9/h7,9H,3-5H2,1-2H3. The molecule has 0 aromatic heterocycles. The molecular formula is C6H14N2O. The zero-order chi connectivity index (χ0) is 7.28. The van der Waals surface area contributed by atoms with Crippen molar-refractivity contribution in [2.24, 2.45) is 0 Å². The highest BCUT2D eigenvalue weighted by molar-refractivity contribution is 5.80. The van der Waals surface area contributed by atoms with Gasteiger partial charge in [0.2, 0.25) is 0 Å². The molecule has 0 aliphatic carbocycles. The molecule has 3 heteroatoms. The minimum atomic E-state index is 0.170. The summed E-state index contributed by atoms with van der Waals surface area (Å²) in [5, 5.41) is 15.5. The van der Waals surface area contributed by atoms with E-state index in [1.165, 1.54) is 0 Å². The Kier molecular flexibility index (Phi) is 4.26. The molecule has 0 bridgehead atoms. The lowest BCUT2D eigenvalue weighted by atomic mass is 10.4. The smallest absolute Gasteiger partial charge is 0.0558 e. The molecule has 0 saturated heterocycles. The lowest BCUT2D eigenvalue weighted by Gasteiger charge is -2.12. The minimum absolute atomic E-state index is 0.170. The summed E-state index contributed by atoms with van der Waals surface area (Å²) in [4.78, 5) is 1.91. The van der Waals surface area contributed by atoms with Gasteiger partial charge in [-0.15, -0.1) is 0 Å². The van der Waals surface area contributed by atoms with Gasteiger partial charge < -0.3 is 10.5 Å². The molecule has 0 unspecified atom stereocenters. The van der Waals surface area contributed by atoms with Gasteiger partial charge in [-0.1, -0.05) is 0 Å². The summed E-state index contributed by atoms with van der Waals surface area (Å²) >= 11 is 0. The predicted octanol–water partition coefficient (Wildman–Crippen LogP) is -0.0498. The van der Waals surface area contributed by atoms with E-state index < -0.39 is 0 Å². The number of rotatable bonds is 4. The number of nitrogens with one attached hydrogen (secondary N) is 1. The highest BCUT2D eigenvalue weighted by Crippen LogP contribution is 1.80. The summed E-state index contributed by atoms with van der Waals surface area (Å²) in [5.74, 6) is 0. The van der Waals surface area contributed by atoms with Crippen LogP contribution in [0.15, 0.2) is 0 Å². The Morgan fingerprint density at radius 1 is 1.67 bits per heavy atom. The Hall–Kier alpha value is -0.410. The van der Waals surface area contributed by atoms with Crippen molar-refractivity contribution in [1.29, 1.82) is 5.41 Å². The maximum Gasteiger partial charge on any atom is 0.0558 e. The van der Waals surface area contributed by atoms with Gasteiger partial charge in [0.25, 0.3) is 0 Å². The van der Waals surface area contributed by atoms with E-state index in [9.17, 15) is 0 Å². The third-order valence-electron chi connectivity index (χ3n) is 0.989. The van der Waals surface area contributed by atoms with Gasteiger partial charge in [-0.25, -0.2) is 0 Å². The number of likely N-dealkylation sites (N-methyl/N-ethyl adjacent to an activating group) is 1. The first-order valence-electron chi connectivity index (χ1n) is 3.00. The minimum Gasteiger partial charge on any atom is -0.395 e. The van der Waals surface area contributed by atoms with Crippen molar-refractivity contribution in [3.8, 4) is 0 Å². The fraction of sp³-hybridized carbons (Fsp3) is 0.833. The molecule has 0 aromatic carbocycles. The van der Waals surface area contributed by atoms with E-state index in [0.717, 1.165) is 0 Å². The van der Waals surface area contributed by atoms with E-state index in [0.29, 0.717) is 18.8 Å². The molecule has 0 heterocycles. The molecule has 0 aliphatic heterocycles. The lowest BCUT2D eigenvalue weighted by molar-refractivity contribution is 0.235.